The maximum atomic E-state index is 11.5. The summed E-state index contributed by atoms with van der Waals surface area (Å²) >= 11 is 0. The number of carbonyl (C=O) groups excluding carboxylic acids is 1. The van der Waals surface area contributed by atoms with Gasteiger partial charge in [-0.25, -0.2) is 0 Å². The molecule has 0 radical (unpaired) electrons. The topological polar surface area (TPSA) is 64.4 Å². The number of aromatic nitrogens is 1. The Hall–Kier alpha value is -1.36. The van der Waals surface area contributed by atoms with E-state index in [1.807, 2.05) is 0 Å². The summed E-state index contributed by atoms with van der Waals surface area (Å²) in [5, 5.41) is 6.28. The number of aryl methyl sites for hydroxylation is 1. The summed E-state index contributed by atoms with van der Waals surface area (Å²) in [6.45, 7) is 2.46. The minimum absolute atomic E-state index is 0.154. The lowest BCUT2D eigenvalue weighted by atomic mass is 10.2. The van der Waals surface area contributed by atoms with Gasteiger partial charge in [0.25, 0.3) is 5.91 Å². The van der Waals surface area contributed by atoms with E-state index in [0.29, 0.717) is 12.5 Å². The third kappa shape index (κ3) is 1.93. The zero-order chi connectivity index (χ0) is 9.97. The monoisotopic (exact) mass is 196 g/mol. The maximum Gasteiger partial charge on any atom is 0.255 e. The van der Waals surface area contributed by atoms with Crippen molar-refractivity contribution >= 4 is 11.8 Å². The molecule has 14 heavy (non-hydrogen) atoms. The van der Waals surface area contributed by atoms with Gasteiger partial charge in [0.2, 0.25) is 5.88 Å². The van der Waals surface area contributed by atoms with Crippen LogP contribution in [0.4, 0.5) is 5.88 Å². The number of hydrogen-bond acceptors (Lipinski definition) is 4. The van der Waals surface area contributed by atoms with Crippen molar-refractivity contribution in [1.82, 2.24) is 5.16 Å². The predicted octanol–water partition coefficient (Wildman–Crippen LogP) is 1.10. The van der Waals surface area contributed by atoms with Gasteiger partial charge in [-0.15, -0.1) is 0 Å². The van der Waals surface area contributed by atoms with Crippen LogP contribution in [0.3, 0.4) is 0 Å². The van der Waals surface area contributed by atoms with Gasteiger partial charge in [-0.05, 0) is 19.8 Å². The Morgan fingerprint density at radius 2 is 2.57 bits per heavy atom. The van der Waals surface area contributed by atoms with Crippen molar-refractivity contribution in [3.05, 3.63) is 11.8 Å². The number of hydrogen-bond donors (Lipinski definition) is 1. The first-order chi connectivity index (χ1) is 6.75. The van der Waals surface area contributed by atoms with Gasteiger partial charge in [0, 0.05) is 12.7 Å². The standard InChI is InChI=1S/C9H12N2O3/c1-6-5-8(14-11-6)10-9(12)7-3-2-4-13-7/h5,7H,2-4H2,1H3,(H,10,12). The Morgan fingerprint density at radius 3 is 3.14 bits per heavy atom. The van der Waals surface area contributed by atoms with Gasteiger partial charge in [0.1, 0.15) is 6.10 Å². The predicted molar refractivity (Wildman–Crippen MR) is 48.8 cm³/mol. The Labute approximate surface area is 81.4 Å². The molecule has 0 saturated carbocycles. The molecule has 5 nitrogen and oxygen atoms in total. The van der Waals surface area contributed by atoms with E-state index >= 15 is 0 Å². The van der Waals surface area contributed by atoms with E-state index in [2.05, 4.69) is 10.5 Å². The van der Waals surface area contributed by atoms with E-state index in [9.17, 15) is 4.79 Å². The molecule has 5 heteroatoms. The van der Waals surface area contributed by atoms with Crippen LogP contribution in [0.2, 0.25) is 0 Å². The van der Waals surface area contributed by atoms with Gasteiger partial charge in [0.05, 0.1) is 5.69 Å². The zero-order valence-corrected chi connectivity index (χ0v) is 7.95. The zero-order valence-electron chi connectivity index (χ0n) is 7.95. The Balaban J connectivity index is 1.93. The smallest absolute Gasteiger partial charge is 0.255 e. The van der Waals surface area contributed by atoms with Crippen LogP contribution in [0.1, 0.15) is 18.5 Å². The molecule has 1 aliphatic rings. The van der Waals surface area contributed by atoms with Crippen molar-refractivity contribution in [1.29, 1.82) is 0 Å². The first kappa shape index (κ1) is 9.21. The molecular weight excluding hydrogens is 184 g/mol. The summed E-state index contributed by atoms with van der Waals surface area (Å²) < 4.78 is 10.1. The van der Waals surface area contributed by atoms with Crippen LogP contribution in [0.25, 0.3) is 0 Å². The second-order valence-corrected chi connectivity index (χ2v) is 3.32. The summed E-state index contributed by atoms with van der Waals surface area (Å²) in [6.07, 6.45) is 1.38. The van der Waals surface area contributed by atoms with Crippen molar-refractivity contribution in [2.45, 2.75) is 25.9 Å². The summed E-state index contributed by atoms with van der Waals surface area (Å²) in [6, 6.07) is 1.67. The third-order valence-electron chi connectivity index (χ3n) is 2.10. The first-order valence-corrected chi connectivity index (χ1v) is 4.61. The average molecular weight is 196 g/mol. The van der Waals surface area contributed by atoms with Crippen molar-refractivity contribution in [2.24, 2.45) is 0 Å². The summed E-state index contributed by atoms with van der Waals surface area (Å²) in [7, 11) is 0. The lowest BCUT2D eigenvalue weighted by Crippen LogP contribution is -2.26. The quantitative estimate of drug-likeness (QED) is 0.769. The molecule has 1 aromatic heterocycles. The van der Waals surface area contributed by atoms with Crippen LogP contribution in [0.15, 0.2) is 10.6 Å². The van der Waals surface area contributed by atoms with E-state index in [0.717, 1.165) is 18.5 Å². The average Bonchev–Trinajstić information content (AvgIpc) is 2.75. The van der Waals surface area contributed by atoms with Gasteiger partial charge in [-0.1, -0.05) is 5.16 Å². The molecule has 1 aliphatic heterocycles. The van der Waals surface area contributed by atoms with E-state index in [1.54, 1.807) is 13.0 Å². The van der Waals surface area contributed by atoms with Gasteiger partial charge >= 0.3 is 0 Å². The fourth-order valence-corrected chi connectivity index (χ4v) is 1.41. The van der Waals surface area contributed by atoms with Crippen molar-refractivity contribution in [3.8, 4) is 0 Å². The molecule has 76 valence electrons. The van der Waals surface area contributed by atoms with Gasteiger partial charge in [-0.2, -0.15) is 0 Å². The normalized spacial score (nSPS) is 21.1. The highest BCUT2D eigenvalue weighted by Crippen LogP contribution is 2.15. The number of rotatable bonds is 2. The highest BCUT2D eigenvalue weighted by molar-refractivity contribution is 5.93. The van der Waals surface area contributed by atoms with E-state index in [4.69, 9.17) is 9.26 Å². The maximum absolute atomic E-state index is 11.5. The number of nitrogens with one attached hydrogen (secondary N) is 1. The minimum Gasteiger partial charge on any atom is -0.368 e. The molecule has 1 amide bonds. The van der Waals surface area contributed by atoms with E-state index < -0.39 is 0 Å². The van der Waals surface area contributed by atoms with Gasteiger partial charge in [0.15, 0.2) is 0 Å². The second kappa shape index (κ2) is 3.79. The fourth-order valence-electron chi connectivity index (χ4n) is 1.41. The van der Waals surface area contributed by atoms with Crippen LogP contribution in [-0.2, 0) is 9.53 Å². The van der Waals surface area contributed by atoms with E-state index in [-0.39, 0.29) is 12.0 Å². The van der Waals surface area contributed by atoms with Crippen LogP contribution in [0.5, 0.6) is 0 Å². The molecule has 0 aliphatic carbocycles. The highest BCUT2D eigenvalue weighted by Gasteiger charge is 2.24. The Morgan fingerprint density at radius 1 is 1.71 bits per heavy atom. The molecule has 1 unspecified atom stereocenters. The van der Waals surface area contributed by atoms with Gasteiger partial charge < -0.3 is 9.26 Å². The van der Waals surface area contributed by atoms with Crippen molar-refractivity contribution in [3.63, 3.8) is 0 Å². The lowest BCUT2D eigenvalue weighted by Gasteiger charge is -2.06. The third-order valence-corrected chi connectivity index (χ3v) is 2.10. The molecule has 2 heterocycles. The number of amides is 1. The molecule has 0 aromatic carbocycles. The summed E-state index contributed by atoms with van der Waals surface area (Å²) in [5.41, 5.74) is 0.743. The fraction of sp³-hybridized carbons (Fsp3) is 0.556. The lowest BCUT2D eigenvalue weighted by molar-refractivity contribution is -0.124. The largest absolute Gasteiger partial charge is 0.368 e. The second-order valence-electron chi connectivity index (χ2n) is 3.32. The molecular formula is C9H12N2O3. The SMILES string of the molecule is Cc1cc(NC(=O)C2CCCO2)on1. The highest BCUT2D eigenvalue weighted by atomic mass is 16.5. The molecule has 0 bridgehead atoms. The number of nitrogens with zero attached hydrogens (tertiary/aromatic N) is 1. The van der Waals surface area contributed by atoms with Crippen LogP contribution >= 0.6 is 0 Å². The molecule has 1 aromatic rings. The Bertz CT molecular complexity index is 329. The van der Waals surface area contributed by atoms with Crippen LogP contribution < -0.4 is 5.32 Å². The summed E-state index contributed by atoms with van der Waals surface area (Å²) in [5.74, 6) is 0.224. The van der Waals surface area contributed by atoms with Gasteiger partial charge in [-0.3, -0.25) is 10.1 Å². The molecule has 1 N–H and O–H groups in total. The first-order valence-electron chi connectivity index (χ1n) is 4.61. The van der Waals surface area contributed by atoms with Crippen molar-refractivity contribution in [2.75, 3.05) is 11.9 Å². The molecule has 0 spiro atoms. The minimum atomic E-state index is -0.333. The molecule has 2 rings (SSSR count). The number of carbonyl (C=O) groups is 1. The molecule has 1 saturated heterocycles. The van der Waals surface area contributed by atoms with E-state index in [1.165, 1.54) is 0 Å². The summed E-state index contributed by atoms with van der Waals surface area (Å²) in [4.78, 5) is 11.5. The van der Waals surface area contributed by atoms with Crippen LogP contribution in [0, 0.1) is 6.92 Å². The van der Waals surface area contributed by atoms with Crippen LogP contribution in [-0.4, -0.2) is 23.8 Å². The molecule has 1 atom stereocenters. The Kier molecular flexibility index (Phi) is 2.49. The van der Waals surface area contributed by atoms with Crippen molar-refractivity contribution < 1.29 is 14.1 Å². The number of ether oxygens (including phenoxy) is 1. The number of anilines is 1. The molecule has 1 fully saturated rings.